The Morgan fingerprint density at radius 3 is 2.88 bits per heavy atom. The Bertz CT molecular complexity index is 804. The molecule has 2 aromatic carbocycles. The number of benzene rings is 2. The zero-order valence-corrected chi connectivity index (χ0v) is 15.8. The molecule has 2 aromatic rings. The third-order valence-corrected chi connectivity index (χ3v) is 4.35. The minimum atomic E-state index is -0.424. The molecule has 2 atom stereocenters. The lowest BCUT2D eigenvalue weighted by molar-refractivity contribution is -0.116. The van der Waals surface area contributed by atoms with E-state index >= 15 is 0 Å². The number of aryl methyl sites for hydroxylation is 1. The van der Waals surface area contributed by atoms with Gasteiger partial charge >= 0.3 is 0 Å². The minimum absolute atomic E-state index is 0.104. The van der Waals surface area contributed by atoms with E-state index in [-0.39, 0.29) is 12.0 Å². The van der Waals surface area contributed by atoms with Crippen molar-refractivity contribution in [2.24, 2.45) is 0 Å². The molecule has 5 heteroatoms. The van der Waals surface area contributed by atoms with Crippen LogP contribution in [0.3, 0.4) is 0 Å². The van der Waals surface area contributed by atoms with E-state index < -0.39 is 6.04 Å². The number of anilines is 2. The first-order chi connectivity index (χ1) is 12.5. The first-order valence-corrected chi connectivity index (χ1v) is 9.06. The highest BCUT2D eigenvalue weighted by Gasteiger charge is 2.23. The van der Waals surface area contributed by atoms with E-state index in [0.717, 1.165) is 40.4 Å². The molecule has 0 aromatic heterocycles. The topological polar surface area (TPSA) is 59.6 Å². The smallest absolute Gasteiger partial charge is 0.246 e. The Kier molecular flexibility index (Phi) is 5.35. The number of carbonyl (C=O) groups excluding carboxylic acids is 1. The lowest BCUT2D eigenvalue weighted by Crippen LogP contribution is -2.32. The first kappa shape index (κ1) is 18.1. The van der Waals surface area contributed by atoms with Gasteiger partial charge < -0.3 is 20.1 Å². The minimum Gasteiger partial charge on any atom is -0.492 e. The van der Waals surface area contributed by atoms with Gasteiger partial charge in [-0.1, -0.05) is 12.1 Å². The molecule has 138 valence electrons. The maximum absolute atomic E-state index is 12.5. The molecule has 0 radical (unpaired) electrons. The average molecular weight is 354 g/mol. The van der Waals surface area contributed by atoms with Crippen LogP contribution in [0.15, 0.2) is 36.4 Å². The van der Waals surface area contributed by atoms with Gasteiger partial charge in [-0.15, -0.1) is 0 Å². The summed E-state index contributed by atoms with van der Waals surface area (Å²) in [6.07, 6.45) is 1.04. The van der Waals surface area contributed by atoms with Crippen LogP contribution in [0.4, 0.5) is 11.4 Å². The van der Waals surface area contributed by atoms with Crippen molar-refractivity contribution < 1.29 is 14.3 Å². The van der Waals surface area contributed by atoms with Gasteiger partial charge in [0, 0.05) is 23.7 Å². The lowest BCUT2D eigenvalue weighted by atomic mass is 10.1. The summed E-state index contributed by atoms with van der Waals surface area (Å²) >= 11 is 0. The summed E-state index contributed by atoms with van der Waals surface area (Å²) in [5.74, 6) is 1.50. The zero-order chi connectivity index (χ0) is 18.7. The van der Waals surface area contributed by atoms with Gasteiger partial charge in [-0.2, -0.15) is 0 Å². The van der Waals surface area contributed by atoms with Crippen LogP contribution >= 0.6 is 0 Å². The summed E-state index contributed by atoms with van der Waals surface area (Å²) < 4.78 is 11.6. The second-order valence-electron chi connectivity index (χ2n) is 6.75. The Morgan fingerprint density at radius 1 is 1.35 bits per heavy atom. The van der Waals surface area contributed by atoms with E-state index in [0.29, 0.717) is 6.61 Å². The highest BCUT2D eigenvalue weighted by molar-refractivity contribution is 5.96. The van der Waals surface area contributed by atoms with Gasteiger partial charge in [0.05, 0.1) is 12.3 Å². The number of rotatable bonds is 6. The molecule has 1 aliphatic heterocycles. The molecule has 0 spiro atoms. The van der Waals surface area contributed by atoms with Gasteiger partial charge in [-0.3, -0.25) is 4.79 Å². The molecule has 1 amide bonds. The van der Waals surface area contributed by atoms with Crippen LogP contribution < -0.4 is 20.1 Å². The lowest BCUT2D eigenvalue weighted by Gasteiger charge is -2.19. The number of ether oxygens (including phenoxy) is 2. The molecular formula is C21H26N2O3. The normalized spacial score (nSPS) is 16.4. The Hall–Kier alpha value is -2.69. The molecule has 26 heavy (non-hydrogen) atoms. The van der Waals surface area contributed by atoms with Crippen LogP contribution in [0, 0.1) is 6.92 Å². The Balaban J connectivity index is 1.74. The van der Waals surface area contributed by atoms with Crippen LogP contribution in [0.2, 0.25) is 0 Å². The van der Waals surface area contributed by atoms with Crippen molar-refractivity contribution in [1.29, 1.82) is 0 Å². The molecule has 0 saturated carbocycles. The van der Waals surface area contributed by atoms with Gasteiger partial charge in [0.25, 0.3) is 0 Å². The maximum atomic E-state index is 12.5. The highest BCUT2D eigenvalue weighted by Crippen LogP contribution is 2.38. The SMILES string of the molecule is CCOc1cc2c(cc1NC(C)C(=O)Nc1cccc(C)c1)OC(C)C2. The second kappa shape index (κ2) is 7.68. The zero-order valence-electron chi connectivity index (χ0n) is 15.8. The quantitative estimate of drug-likeness (QED) is 0.818. The van der Waals surface area contributed by atoms with Gasteiger partial charge in [0.1, 0.15) is 23.6 Å². The van der Waals surface area contributed by atoms with Crippen molar-refractivity contribution in [1.82, 2.24) is 0 Å². The molecule has 0 aliphatic carbocycles. The van der Waals surface area contributed by atoms with E-state index in [2.05, 4.69) is 10.6 Å². The van der Waals surface area contributed by atoms with Crippen molar-refractivity contribution in [3.8, 4) is 11.5 Å². The van der Waals surface area contributed by atoms with Crippen molar-refractivity contribution in [3.63, 3.8) is 0 Å². The first-order valence-electron chi connectivity index (χ1n) is 9.06. The number of nitrogens with one attached hydrogen (secondary N) is 2. The van der Waals surface area contributed by atoms with Gasteiger partial charge in [-0.25, -0.2) is 0 Å². The van der Waals surface area contributed by atoms with Crippen LogP contribution in [-0.4, -0.2) is 24.7 Å². The van der Waals surface area contributed by atoms with Crippen molar-refractivity contribution in [2.45, 2.75) is 46.3 Å². The van der Waals surface area contributed by atoms with Crippen molar-refractivity contribution >= 4 is 17.3 Å². The van der Waals surface area contributed by atoms with Gasteiger partial charge in [0.2, 0.25) is 5.91 Å². The summed E-state index contributed by atoms with van der Waals surface area (Å²) in [5.41, 5.74) is 3.81. The maximum Gasteiger partial charge on any atom is 0.246 e. The van der Waals surface area contributed by atoms with Crippen molar-refractivity contribution in [3.05, 3.63) is 47.5 Å². The standard InChI is InChI=1S/C21H26N2O3/c1-5-25-20-11-16-10-14(3)26-19(16)12-18(20)22-15(4)21(24)23-17-8-6-7-13(2)9-17/h6-9,11-12,14-15,22H,5,10H2,1-4H3,(H,23,24). The van der Waals surface area contributed by atoms with E-state index in [4.69, 9.17) is 9.47 Å². The molecule has 0 fully saturated rings. The molecular weight excluding hydrogens is 328 g/mol. The third kappa shape index (κ3) is 4.10. The second-order valence-corrected chi connectivity index (χ2v) is 6.75. The fourth-order valence-electron chi connectivity index (χ4n) is 3.10. The molecule has 0 bridgehead atoms. The molecule has 5 nitrogen and oxygen atoms in total. The number of hydrogen-bond donors (Lipinski definition) is 2. The number of carbonyl (C=O) groups is 1. The van der Waals surface area contributed by atoms with Crippen molar-refractivity contribution in [2.75, 3.05) is 17.2 Å². The Morgan fingerprint density at radius 2 is 2.15 bits per heavy atom. The molecule has 0 saturated heterocycles. The largest absolute Gasteiger partial charge is 0.492 e. The predicted molar refractivity (Wildman–Crippen MR) is 104 cm³/mol. The number of hydrogen-bond acceptors (Lipinski definition) is 4. The van der Waals surface area contributed by atoms with Crippen LogP contribution in [0.5, 0.6) is 11.5 Å². The van der Waals surface area contributed by atoms with Crippen LogP contribution in [-0.2, 0) is 11.2 Å². The van der Waals surface area contributed by atoms with Gasteiger partial charge in [0.15, 0.2) is 0 Å². The van der Waals surface area contributed by atoms with Crippen LogP contribution in [0.1, 0.15) is 31.9 Å². The van der Waals surface area contributed by atoms with E-state index in [9.17, 15) is 4.79 Å². The summed E-state index contributed by atoms with van der Waals surface area (Å²) in [4.78, 5) is 12.5. The van der Waals surface area contributed by atoms with Gasteiger partial charge in [-0.05, 0) is 51.5 Å². The molecule has 3 rings (SSSR count). The fourth-order valence-corrected chi connectivity index (χ4v) is 3.10. The summed E-state index contributed by atoms with van der Waals surface area (Å²) in [5, 5.41) is 6.20. The number of fused-ring (bicyclic) bond motifs is 1. The monoisotopic (exact) mass is 354 g/mol. The van der Waals surface area contributed by atoms with E-state index in [1.54, 1.807) is 0 Å². The van der Waals surface area contributed by atoms with E-state index in [1.165, 1.54) is 0 Å². The average Bonchev–Trinajstić information content (AvgIpc) is 2.94. The molecule has 1 aliphatic rings. The predicted octanol–water partition coefficient (Wildman–Crippen LogP) is 4.16. The van der Waals surface area contributed by atoms with Crippen LogP contribution in [0.25, 0.3) is 0 Å². The highest BCUT2D eigenvalue weighted by atomic mass is 16.5. The molecule has 1 heterocycles. The summed E-state index contributed by atoms with van der Waals surface area (Å²) in [7, 11) is 0. The Labute approximate surface area is 154 Å². The summed E-state index contributed by atoms with van der Waals surface area (Å²) in [6.45, 7) is 8.39. The molecule has 2 N–H and O–H groups in total. The third-order valence-electron chi connectivity index (χ3n) is 4.35. The van der Waals surface area contributed by atoms with E-state index in [1.807, 2.05) is 64.1 Å². The summed E-state index contributed by atoms with van der Waals surface area (Å²) in [6, 6.07) is 11.3. The fraction of sp³-hybridized carbons (Fsp3) is 0.381. The number of amides is 1. The molecule has 2 unspecified atom stereocenters.